The van der Waals surface area contributed by atoms with E-state index < -0.39 is 17.9 Å². The topological polar surface area (TPSA) is 101 Å². The number of aliphatic carboxylic acids is 1. The lowest BCUT2D eigenvalue weighted by atomic mass is 10.0. The van der Waals surface area contributed by atoms with Crippen LogP contribution in [-0.2, 0) is 17.6 Å². The molecule has 1 amide bonds. The number of nitrogens with one attached hydrogen (secondary N) is 2. The highest BCUT2D eigenvalue weighted by Crippen LogP contribution is 2.26. The van der Waals surface area contributed by atoms with Gasteiger partial charge in [0.1, 0.15) is 17.6 Å². The van der Waals surface area contributed by atoms with E-state index in [4.69, 9.17) is 27.9 Å². The fraction of sp³-hybridized carbons (Fsp3) is 0.269. The number of fused-ring (bicyclic) bond motifs is 1. The number of carbonyl (C=O) groups excluding carboxylic acids is 1. The van der Waals surface area contributed by atoms with Crippen LogP contribution in [0.2, 0.25) is 10.0 Å². The molecular weight excluding hydrogens is 489 g/mol. The lowest BCUT2D eigenvalue weighted by molar-refractivity contribution is -0.139. The summed E-state index contributed by atoms with van der Waals surface area (Å²) in [4.78, 5) is 28.7. The molecule has 0 spiro atoms. The van der Waals surface area contributed by atoms with E-state index in [9.17, 15) is 14.7 Å². The number of anilines is 1. The van der Waals surface area contributed by atoms with Gasteiger partial charge in [0.2, 0.25) is 0 Å². The number of pyridine rings is 1. The number of amides is 1. The minimum atomic E-state index is -1.15. The van der Waals surface area contributed by atoms with Crippen molar-refractivity contribution in [3.8, 4) is 5.75 Å². The summed E-state index contributed by atoms with van der Waals surface area (Å²) in [7, 11) is 0. The number of rotatable bonds is 10. The SMILES string of the molecule is O=C(NC(Cc1ccc(OCCCC2Cc3cccnc3N2)cc1)C(=O)O)c1c(Cl)cccc1Cl. The van der Waals surface area contributed by atoms with E-state index in [1.165, 1.54) is 17.7 Å². The number of carboxylic acid groups (broad SMARTS) is 1. The summed E-state index contributed by atoms with van der Waals surface area (Å²) in [6.45, 7) is 0.577. The van der Waals surface area contributed by atoms with E-state index in [2.05, 4.69) is 21.7 Å². The van der Waals surface area contributed by atoms with E-state index in [0.29, 0.717) is 18.4 Å². The highest BCUT2D eigenvalue weighted by atomic mass is 35.5. The Balaban J connectivity index is 1.25. The first-order chi connectivity index (χ1) is 16.9. The Morgan fingerprint density at radius 3 is 2.54 bits per heavy atom. The van der Waals surface area contributed by atoms with Crippen LogP contribution in [0.1, 0.15) is 34.3 Å². The van der Waals surface area contributed by atoms with Crippen LogP contribution in [0.3, 0.4) is 0 Å². The molecule has 3 aromatic rings. The molecule has 35 heavy (non-hydrogen) atoms. The van der Waals surface area contributed by atoms with E-state index in [1.807, 2.05) is 6.07 Å². The Hall–Kier alpha value is -3.29. The van der Waals surface area contributed by atoms with Crippen molar-refractivity contribution in [2.75, 3.05) is 11.9 Å². The highest BCUT2D eigenvalue weighted by Gasteiger charge is 2.24. The molecule has 3 N–H and O–H groups in total. The van der Waals surface area contributed by atoms with Crippen molar-refractivity contribution in [1.29, 1.82) is 0 Å². The molecular formula is C26H25Cl2N3O4. The summed E-state index contributed by atoms with van der Waals surface area (Å²) in [5.41, 5.74) is 2.05. The minimum Gasteiger partial charge on any atom is -0.494 e. The summed E-state index contributed by atoms with van der Waals surface area (Å²) >= 11 is 12.1. The zero-order valence-electron chi connectivity index (χ0n) is 18.8. The Morgan fingerprint density at radius 1 is 1.11 bits per heavy atom. The van der Waals surface area contributed by atoms with Crippen molar-refractivity contribution in [1.82, 2.24) is 10.3 Å². The Kier molecular flexibility index (Phi) is 8.10. The zero-order valence-corrected chi connectivity index (χ0v) is 20.4. The van der Waals surface area contributed by atoms with Gasteiger partial charge in [-0.05, 0) is 60.7 Å². The second kappa shape index (κ2) is 11.4. The van der Waals surface area contributed by atoms with Gasteiger partial charge in [-0.25, -0.2) is 9.78 Å². The third-order valence-corrected chi connectivity index (χ3v) is 6.45. The van der Waals surface area contributed by atoms with E-state index in [-0.39, 0.29) is 22.0 Å². The van der Waals surface area contributed by atoms with Crippen molar-refractivity contribution >= 4 is 40.9 Å². The van der Waals surface area contributed by atoms with Crippen LogP contribution < -0.4 is 15.4 Å². The van der Waals surface area contributed by atoms with Gasteiger partial charge in [-0.1, -0.05) is 47.5 Å². The van der Waals surface area contributed by atoms with Crippen LogP contribution in [0.15, 0.2) is 60.8 Å². The van der Waals surface area contributed by atoms with E-state index >= 15 is 0 Å². The third-order valence-electron chi connectivity index (χ3n) is 5.82. The van der Waals surface area contributed by atoms with Gasteiger partial charge in [-0.2, -0.15) is 0 Å². The molecule has 9 heteroatoms. The first kappa shape index (κ1) is 24.8. The van der Waals surface area contributed by atoms with Crippen LogP contribution >= 0.6 is 23.2 Å². The molecule has 1 aliphatic heterocycles. The normalized spacial score (nSPS) is 15.1. The predicted octanol–water partition coefficient (Wildman–Crippen LogP) is 5.01. The zero-order chi connectivity index (χ0) is 24.8. The number of hydrogen-bond donors (Lipinski definition) is 3. The summed E-state index contributed by atoms with van der Waals surface area (Å²) in [6, 6.07) is 15.1. The summed E-state index contributed by atoms with van der Waals surface area (Å²) < 4.78 is 5.84. The number of halogens is 2. The smallest absolute Gasteiger partial charge is 0.326 e. The second-order valence-corrected chi connectivity index (χ2v) is 9.17. The first-order valence-corrected chi connectivity index (χ1v) is 12.1. The van der Waals surface area contributed by atoms with Crippen molar-refractivity contribution in [3.05, 3.63) is 87.5 Å². The van der Waals surface area contributed by atoms with Gasteiger partial charge >= 0.3 is 5.97 Å². The largest absolute Gasteiger partial charge is 0.494 e. The van der Waals surface area contributed by atoms with Crippen molar-refractivity contribution in [2.24, 2.45) is 0 Å². The van der Waals surface area contributed by atoms with E-state index in [1.54, 1.807) is 36.5 Å². The van der Waals surface area contributed by atoms with Crippen molar-refractivity contribution in [2.45, 2.75) is 37.8 Å². The number of ether oxygens (including phenoxy) is 1. The third kappa shape index (κ3) is 6.44. The molecule has 4 rings (SSSR count). The molecule has 0 saturated heterocycles. The van der Waals surface area contributed by atoms with Gasteiger partial charge < -0.3 is 20.5 Å². The maximum Gasteiger partial charge on any atom is 0.326 e. The maximum absolute atomic E-state index is 12.6. The van der Waals surface area contributed by atoms with Gasteiger partial charge in [0.15, 0.2) is 0 Å². The average Bonchev–Trinajstić information content (AvgIpc) is 3.25. The predicted molar refractivity (Wildman–Crippen MR) is 136 cm³/mol. The second-order valence-electron chi connectivity index (χ2n) is 8.36. The van der Waals surface area contributed by atoms with Crippen LogP contribution in [0.25, 0.3) is 0 Å². The molecule has 0 saturated carbocycles. The molecule has 2 unspecified atom stereocenters. The number of aromatic nitrogens is 1. The molecule has 1 aliphatic rings. The quantitative estimate of drug-likeness (QED) is 0.329. The van der Waals surface area contributed by atoms with Gasteiger partial charge in [0, 0.05) is 18.7 Å². The Bertz CT molecular complexity index is 1160. The monoisotopic (exact) mass is 513 g/mol. The molecule has 2 atom stereocenters. The summed E-state index contributed by atoms with van der Waals surface area (Å²) in [6.07, 6.45) is 4.74. The van der Waals surface area contributed by atoms with Gasteiger partial charge in [-0.15, -0.1) is 0 Å². The lowest BCUT2D eigenvalue weighted by Gasteiger charge is -2.16. The number of nitrogens with zero attached hydrogens (tertiary/aromatic N) is 1. The molecule has 0 bridgehead atoms. The van der Waals surface area contributed by atoms with Crippen LogP contribution in [-0.4, -0.2) is 40.7 Å². The van der Waals surface area contributed by atoms with Crippen LogP contribution in [0.5, 0.6) is 5.75 Å². The molecule has 0 radical (unpaired) electrons. The van der Waals surface area contributed by atoms with Gasteiger partial charge in [0.25, 0.3) is 5.91 Å². The Labute approximate surface area is 213 Å². The van der Waals surface area contributed by atoms with E-state index in [0.717, 1.165) is 30.6 Å². The molecule has 0 fully saturated rings. The number of carbonyl (C=O) groups is 2. The number of benzene rings is 2. The van der Waals surface area contributed by atoms with Gasteiger partial charge in [0.05, 0.1) is 22.2 Å². The molecule has 2 aromatic carbocycles. The molecule has 2 heterocycles. The maximum atomic E-state index is 12.6. The average molecular weight is 514 g/mol. The van der Waals surface area contributed by atoms with Crippen molar-refractivity contribution in [3.63, 3.8) is 0 Å². The molecule has 1 aromatic heterocycles. The Morgan fingerprint density at radius 2 is 1.86 bits per heavy atom. The van der Waals surface area contributed by atoms with Crippen molar-refractivity contribution < 1.29 is 19.4 Å². The number of hydrogen-bond acceptors (Lipinski definition) is 5. The lowest BCUT2D eigenvalue weighted by Crippen LogP contribution is -2.42. The minimum absolute atomic E-state index is 0.0544. The standard InChI is InChI=1S/C26H25Cl2N3O4/c27-20-6-1-7-21(28)23(20)25(32)31-22(26(33)34)14-16-8-10-19(11-9-16)35-13-3-5-18-15-17-4-2-12-29-24(17)30-18/h1-2,4,6-12,18,22H,3,5,13-15H2,(H,29,30)(H,31,32)(H,33,34). The molecule has 7 nitrogen and oxygen atoms in total. The van der Waals surface area contributed by atoms with Gasteiger partial charge in [-0.3, -0.25) is 4.79 Å². The molecule has 0 aliphatic carbocycles. The molecule has 182 valence electrons. The van der Waals surface area contributed by atoms with Crippen LogP contribution in [0.4, 0.5) is 5.82 Å². The summed E-state index contributed by atoms with van der Waals surface area (Å²) in [5.74, 6) is -0.111. The summed E-state index contributed by atoms with van der Waals surface area (Å²) in [5, 5.41) is 15.9. The fourth-order valence-corrected chi connectivity index (χ4v) is 4.61. The first-order valence-electron chi connectivity index (χ1n) is 11.3. The highest BCUT2D eigenvalue weighted by molar-refractivity contribution is 6.39. The van der Waals surface area contributed by atoms with Crippen LogP contribution in [0, 0.1) is 0 Å². The fourth-order valence-electron chi connectivity index (χ4n) is 4.04. The number of carboxylic acids is 1.